The summed E-state index contributed by atoms with van der Waals surface area (Å²) in [7, 11) is 1.91. The van der Waals surface area contributed by atoms with Crippen molar-refractivity contribution in [2.75, 3.05) is 45.3 Å². The molecule has 0 spiro atoms. The molecule has 1 aliphatic heterocycles. The second-order valence-electron chi connectivity index (χ2n) is 8.87. The van der Waals surface area contributed by atoms with Gasteiger partial charge < -0.3 is 25.2 Å². The molecular formula is C32H53N7O3. The fourth-order valence-corrected chi connectivity index (χ4v) is 3.04. The first-order valence-corrected chi connectivity index (χ1v) is 14.8. The van der Waals surface area contributed by atoms with Crippen molar-refractivity contribution in [2.45, 2.75) is 66.5 Å². The third-order valence-corrected chi connectivity index (χ3v) is 5.10. The Morgan fingerprint density at radius 1 is 1.17 bits per heavy atom. The minimum atomic E-state index is -0.272. The number of hydrazone groups is 2. The molecule has 1 unspecified atom stereocenters. The van der Waals surface area contributed by atoms with Crippen LogP contribution in [0.1, 0.15) is 53.9 Å². The highest BCUT2D eigenvalue weighted by Crippen LogP contribution is 2.15. The van der Waals surface area contributed by atoms with Gasteiger partial charge in [0.1, 0.15) is 18.1 Å². The number of nitrogens with zero attached hydrogens (tertiary/aromatic N) is 5. The number of rotatable bonds is 15. The zero-order chi connectivity index (χ0) is 31.4. The Labute approximate surface area is 253 Å². The third-order valence-electron chi connectivity index (χ3n) is 5.10. The molecule has 0 radical (unpaired) electrons. The lowest BCUT2D eigenvalue weighted by Gasteiger charge is -2.22. The highest BCUT2D eigenvalue weighted by Gasteiger charge is 2.14. The topological polar surface area (TPSA) is 105 Å². The van der Waals surface area contributed by atoms with E-state index >= 15 is 0 Å². The van der Waals surface area contributed by atoms with Gasteiger partial charge in [-0.05, 0) is 49.2 Å². The van der Waals surface area contributed by atoms with Crippen LogP contribution in [0.3, 0.4) is 0 Å². The van der Waals surface area contributed by atoms with Crippen LogP contribution in [0.2, 0.25) is 0 Å². The van der Waals surface area contributed by atoms with Gasteiger partial charge in [-0.2, -0.15) is 15.3 Å². The molecule has 0 fully saturated rings. The number of anilines is 1. The Kier molecular flexibility index (Phi) is 23.6. The number of hydrogen-bond acceptors (Lipinski definition) is 9. The molecule has 234 valence electrons. The van der Waals surface area contributed by atoms with E-state index in [-0.39, 0.29) is 24.1 Å². The average molecular weight is 584 g/mol. The first kappa shape index (κ1) is 38.1. The van der Waals surface area contributed by atoms with Gasteiger partial charge in [0.05, 0.1) is 19.2 Å². The summed E-state index contributed by atoms with van der Waals surface area (Å²) < 4.78 is 12.8. The zero-order valence-corrected chi connectivity index (χ0v) is 26.6. The molecule has 0 bridgehead atoms. The van der Waals surface area contributed by atoms with Crippen molar-refractivity contribution in [2.24, 2.45) is 10.2 Å². The SMILES string of the molecule is C=CCNc1ccc(OC/C(=N/NC2C=NN(C)CC2)C(=O)C=C)cc1.CC.CCC.CCCOCCn1cccn1. The number of ether oxygens (including phenoxy) is 2. The van der Waals surface area contributed by atoms with Gasteiger partial charge in [0.2, 0.25) is 5.78 Å². The molecule has 10 heteroatoms. The summed E-state index contributed by atoms with van der Waals surface area (Å²) in [5, 5.41) is 17.5. The Balaban J connectivity index is 0.000000869. The fourth-order valence-electron chi connectivity index (χ4n) is 3.04. The summed E-state index contributed by atoms with van der Waals surface area (Å²) >= 11 is 0. The van der Waals surface area contributed by atoms with Gasteiger partial charge in [-0.25, -0.2) is 0 Å². The van der Waals surface area contributed by atoms with Crippen molar-refractivity contribution in [3.63, 3.8) is 0 Å². The van der Waals surface area contributed by atoms with E-state index in [1.807, 2.05) is 67.1 Å². The van der Waals surface area contributed by atoms with Crippen LogP contribution in [0.15, 0.2) is 78.2 Å². The van der Waals surface area contributed by atoms with Gasteiger partial charge in [0.25, 0.3) is 0 Å². The number of hydrogen-bond donors (Lipinski definition) is 2. The number of aromatic nitrogens is 2. The molecule has 0 saturated carbocycles. The maximum absolute atomic E-state index is 12.0. The van der Waals surface area contributed by atoms with E-state index in [9.17, 15) is 4.79 Å². The van der Waals surface area contributed by atoms with Crippen LogP contribution in [-0.4, -0.2) is 78.5 Å². The van der Waals surface area contributed by atoms with E-state index in [1.165, 1.54) is 12.5 Å². The number of benzene rings is 1. The molecule has 2 N–H and O–H groups in total. The standard InChI is InChI=1S/C19H25N5O2.C8H14N2O.C3H8.C2H6/c1-4-11-20-15-6-8-17(9-7-15)26-14-18(19(25)5-2)23-22-16-10-12-24(3)21-13-16;1-2-7-11-8-6-10-5-3-4-9-10;1-3-2;1-2/h4-9,13,16,20,22H,1-2,10-12,14H2,3H3;3-5H,2,6-8H2,1H3;3H2,1-2H3;1-2H3/b23-18-;;;. The Morgan fingerprint density at radius 3 is 2.43 bits per heavy atom. The predicted octanol–water partition coefficient (Wildman–Crippen LogP) is 5.81. The highest BCUT2D eigenvalue weighted by atomic mass is 16.5. The molecule has 0 amide bonds. The maximum Gasteiger partial charge on any atom is 0.204 e. The summed E-state index contributed by atoms with van der Waals surface area (Å²) in [5.41, 5.74) is 4.20. The van der Waals surface area contributed by atoms with Crippen molar-refractivity contribution in [3.8, 4) is 5.75 Å². The van der Waals surface area contributed by atoms with Gasteiger partial charge in [0, 0.05) is 51.0 Å². The van der Waals surface area contributed by atoms with Crippen LogP contribution < -0.4 is 15.5 Å². The number of nitrogens with one attached hydrogen (secondary N) is 2. The van der Waals surface area contributed by atoms with Crippen LogP contribution in [0.25, 0.3) is 0 Å². The molecule has 1 atom stereocenters. The molecule has 2 aromatic rings. The van der Waals surface area contributed by atoms with Crippen molar-refractivity contribution in [1.29, 1.82) is 0 Å². The molecule has 1 aliphatic rings. The second-order valence-corrected chi connectivity index (χ2v) is 8.87. The number of allylic oxidation sites excluding steroid dienone is 1. The van der Waals surface area contributed by atoms with Crippen molar-refractivity contribution in [1.82, 2.24) is 20.2 Å². The predicted molar refractivity (Wildman–Crippen MR) is 177 cm³/mol. The van der Waals surface area contributed by atoms with Crippen LogP contribution >= 0.6 is 0 Å². The van der Waals surface area contributed by atoms with Crippen LogP contribution in [0.4, 0.5) is 5.69 Å². The molecule has 3 rings (SSSR count). The van der Waals surface area contributed by atoms with E-state index < -0.39 is 0 Å². The van der Waals surface area contributed by atoms with E-state index in [0.717, 1.165) is 44.8 Å². The normalized spacial score (nSPS) is 13.6. The molecule has 1 aromatic carbocycles. The maximum atomic E-state index is 12.0. The summed E-state index contributed by atoms with van der Waals surface area (Å²) in [6, 6.07) is 9.38. The number of carbonyl (C=O) groups is 1. The smallest absolute Gasteiger partial charge is 0.204 e. The van der Waals surface area contributed by atoms with E-state index in [4.69, 9.17) is 9.47 Å². The Bertz CT molecular complexity index is 1010. The van der Waals surface area contributed by atoms with Crippen molar-refractivity contribution < 1.29 is 14.3 Å². The number of carbonyl (C=O) groups excluding carboxylic acids is 1. The molecule has 0 aliphatic carbocycles. The summed E-state index contributed by atoms with van der Waals surface area (Å²) in [4.78, 5) is 12.0. The highest BCUT2D eigenvalue weighted by molar-refractivity contribution is 6.44. The summed E-state index contributed by atoms with van der Waals surface area (Å²) in [5.74, 6) is 0.381. The lowest BCUT2D eigenvalue weighted by atomic mass is 10.2. The van der Waals surface area contributed by atoms with Gasteiger partial charge in [-0.1, -0.05) is 53.7 Å². The van der Waals surface area contributed by atoms with Gasteiger partial charge in [-0.3, -0.25) is 9.48 Å². The van der Waals surface area contributed by atoms with Crippen LogP contribution in [-0.2, 0) is 16.1 Å². The first-order chi connectivity index (χ1) is 20.5. The van der Waals surface area contributed by atoms with Gasteiger partial charge >= 0.3 is 0 Å². The average Bonchev–Trinajstić information content (AvgIpc) is 3.55. The lowest BCUT2D eigenvalue weighted by Crippen LogP contribution is -2.36. The summed E-state index contributed by atoms with van der Waals surface area (Å²) in [6.45, 7) is 21.6. The molecule has 42 heavy (non-hydrogen) atoms. The molecule has 1 aromatic heterocycles. The number of ketones is 1. The minimum absolute atomic E-state index is 0.00552. The monoisotopic (exact) mass is 583 g/mol. The third kappa shape index (κ3) is 18.4. The van der Waals surface area contributed by atoms with Gasteiger partial charge in [0.15, 0.2) is 0 Å². The Morgan fingerprint density at radius 2 is 1.88 bits per heavy atom. The minimum Gasteiger partial charge on any atom is -0.487 e. The van der Waals surface area contributed by atoms with E-state index in [0.29, 0.717) is 12.3 Å². The Hall–Kier alpha value is -3.92. The molecule has 0 saturated heterocycles. The fraction of sp³-hybridized carbons (Fsp3) is 0.500. The first-order valence-electron chi connectivity index (χ1n) is 14.8. The lowest BCUT2D eigenvalue weighted by molar-refractivity contribution is -0.109. The zero-order valence-electron chi connectivity index (χ0n) is 26.6. The van der Waals surface area contributed by atoms with Crippen LogP contribution in [0, 0.1) is 0 Å². The van der Waals surface area contributed by atoms with Gasteiger partial charge in [-0.15, -0.1) is 6.58 Å². The van der Waals surface area contributed by atoms with E-state index in [2.05, 4.69) is 60.0 Å². The van der Waals surface area contributed by atoms with Crippen molar-refractivity contribution in [3.05, 3.63) is 68.0 Å². The van der Waals surface area contributed by atoms with Crippen LogP contribution in [0.5, 0.6) is 5.75 Å². The quantitative estimate of drug-likeness (QED) is 0.0897. The molecule has 2 heterocycles. The summed E-state index contributed by atoms with van der Waals surface area (Å²) in [6.07, 6.45) is 11.7. The largest absolute Gasteiger partial charge is 0.487 e. The van der Waals surface area contributed by atoms with Crippen molar-refractivity contribution >= 4 is 23.4 Å². The van der Waals surface area contributed by atoms with E-state index in [1.54, 1.807) is 18.5 Å². The second kappa shape index (κ2) is 26.0. The molecular weight excluding hydrogens is 530 g/mol. The molecule has 10 nitrogen and oxygen atoms in total.